The minimum Gasteiger partial charge on any atom is -0.350 e. The Kier molecular flexibility index (Phi) is 5.24. The van der Waals surface area contributed by atoms with Crippen molar-refractivity contribution in [2.75, 3.05) is 0 Å². The highest BCUT2D eigenvalue weighted by molar-refractivity contribution is 8.13. The topological polar surface area (TPSA) is 106 Å². The first-order chi connectivity index (χ1) is 9.57. The smallest absolute Gasteiger partial charge is 0.271 e. The molecule has 1 aromatic carbocycles. The van der Waals surface area contributed by atoms with Gasteiger partial charge in [0.25, 0.3) is 20.6 Å². The molecule has 0 aromatic heterocycles. The number of carbonyl (C=O) groups is 1. The van der Waals surface area contributed by atoms with Crippen LogP contribution in [-0.4, -0.2) is 25.3 Å². The average Bonchev–Trinajstić information content (AvgIpc) is 2.36. The largest absolute Gasteiger partial charge is 0.350 e. The highest BCUT2D eigenvalue weighted by Gasteiger charge is 2.27. The van der Waals surface area contributed by atoms with Crippen LogP contribution >= 0.6 is 10.7 Å². The first-order valence-corrected chi connectivity index (χ1v) is 8.12. The molecule has 0 saturated carbocycles. The molecule has 0 radical (unpaired) electrons. The lowest BCUT2D eigenvalue weighted by molar-refractivity contribution is -0.385. The summed E-state index contributed by atoms with van der Waals surface area (Å²) in [7, 11) is 0.461. The van der Waals surface area contributed by atoms with Gasteiger partial charge in [0.2, 0.25) is 0 Å². The predicted octanol–water partition coefficient (Wildman–Crippen LogP) is 2.19. The third kappa shape index (κ3) is 4.11. The highest BCUT2D eigenvalue weighted by Crippen LogP contribution is 2.27. The number of benzene rings is 1. The molecule has 0 heterocycles. The monoisotopic (exact) mass is 338 g/mol. The third-order valence-corrected chi connectivity index (χ3v) is 4.05. The molecule has 0 aliphatic carbocycles. The van der Waals surface area contributed by atoms with Crippen LogP contribution in [-0.2, 0) is 9.05 Å². The summed E-state index contributed by atoms with van der Waals surface area (Å²) in [5, 5.41) is 13.2. The van der Waals surface area contributed by atoms with Gasteiger partial charge in [-0.3, -0.25) is 14.9 Å². The van der Waals surface area contributed by atoms with E-state index in [2.05, 4.69) is 5.32 Å². The lowest BCUT2D eigenvalue weighted by Crippen LogP contribution is -2.32. The molecule has 10 heteroatoms. The Labute approximate surface area is 124 Å². The molecule has 0 aliphatic heterocycles. The molecular formula is C11H12ClFN2O5S. The second-order valence-corrected chi connectivity index (χ2v) is 6.82. The van der Waals surface area contributed by atoms with Crippen molar-refractivity contribution >= 4 is 31.3 Å². The maximum absolute atomic E-state index is 14.1. The minimum atomic E-state index is -4.57. The SMILES string of the molecule is CCC(C)NC(=O)c1cc([N+](=O)[O-])cc(S(=O)(=O)Cl)c1F. The standard InChI is InChI=1S/C11H12ClFN2O5S/c1-3-6(2)14-11(16)8-4-7(15(17)18)5-9(10(8)13)21(12,19)20/h4-6H,3H2,1-2H3,(H,14,16). The first-order valence-electron chi connectivity index (χ1n) is 5.81. The fourth-order valence-corrected chi connectivity index (χ4v) is 2.36. The molecule has 0 spiro atoms. The van der Waals surface area contributed by atoms with Gasteiger partial charge >= 0.3 is 0 Å². The summed E-state index contributed by atoms with van der Waals surface area (Å²) in [6, 6.07) is 0.822. The minimum absolute atomic E-state index is 0.313. The molecule has 0 aliphatic rings. The molecule has 0 fully saturated rings. The van der Waals surface area contributed by atoms with Gasteiger partial charge in [0.05, 0.1) is 10.5 Å². The number of nitrogens with zero attached hydrogens (tertiary/aromatic N) is 1. The Bertz CT molecular complexity index is 692. The zero-order valence-corrected chi connectivity index (χ0v) is 12.7. The van der Waals surface area contributed by atoms with Crippen molar-refractivity contribution in [1.82, 2.24) is 5.32 Å². The summed E-state index contributed by atoms with van der Waals surface area (Å²) in [5.41, 5.74) is -1.49. The summed E-state index contributed by atoms with van der Waals surface area (Å²) in [6.07, 6.45) is 0.545. The number of rotatable bonds is 5. The normalized spacial score (nSPS) is 12.8. The second kappa shape index (κ2) is 6.35. The molecule has 1 amide bonds. The number of amides is 1. The number of nitro groups is 1. The summed E-state index contributed by atoms with van der Waals surface area (Å²) < 4.78 is 36.6. The van der Waals surface area contributed by atoms with Crippen LogP contribution in [0.2, 0.25) is 0 Å². The van der Waals surface area contributed by atoms with Crippen LogP contribution in [0.3, 0.4) is 0 Å². The summed E-state index contributed by atoms with van der Waals surface area (Å²) in [4.78, 5) is 20.6. The van der Waals surface area contributed by atoms with Crippen molar-refractivity contribution in [1.29, 1.82) is 0 Å². The summed E-state index contributed by atoms with van der Waals surface area (Å²) in [5.74, 6) is -2.37. The van der Waals surface area contributed by atoms with Crippen molar-refractivity contribution in [3.63, 3.8) is 0 Å². The number of carbonyl (C=O) groups excluding carboxylic acids is 1. The van der Waals surface area contributed by atoms with Crippen molar-refractivity contribution in [2.45, 2.75) is 31.2 Å². The van der Waals surface area contributed by atoms with Crippen LogP contribution in [0.4, 0.5) is 10.1 Å². The van der Waals surface area contributed by atoms with Crippen molar-refractivity contribution in [2.24, 2.45) is 0 Å². The lowest BCUT2D eigenvalue weighted by Gasteiger charge is -2.12. The maximum atomic E-state index is 14.1. The van der Waals surface area contributed by atoms with E-state index < -0.39 is 41.8 Å². The number of hydrogen-bond acceptors (Lipinski definition) is 5. The van der Waals surface area contributed by atoms with E-state index in [4.69, 9.17) is 10.7 Å². The zero-order chi connectivity index (χ0) is 16.4. The molecule has 1 rings (SSSR count). The Balaban J connectivity index is 3.48. The van der Waals surface area contributed by atoms with Crippen LogP contribution in [0.5, 0.6) is 0 Å². The molecule has 116 valence electrons. The number of halogens is 2. The first kappa shape index (κ1) is 17.3. The fraction of sp³-hybridized carbons (Fsp3) is 0.364. The van der Waals surface area contributed by atoms with E-state index in [0.717, 1.165) is 0 Å². The van der Waals surface area contributed by atoms with Gasteiger partial charge < -0.3 is 5.32 Å². The van der Waals surface area contributed by atoms with Gasteiger partial charge in [0.15, 0.2) is 5.82 Å². The van der Waals surface area contributed by atoms with Gasteiger partial charge in [-0.1, -0.05) is 6.92 Å². The van der Waals surface area contributed by atoms with Crippen LogP contribution in [0.1, 0.15) is 30.6 Å². The van der Waals surface area contributed by atoms with E-state index in [1.165, 1.54) is 0 Å². The lowest BCUT2D eigenvalue weighted by atomic mass is 10.1. The number of non-ortho nitro benzene ring substituents is 1. The van der Waals surface area contributed by atoms with E-state index >= 15 is 0 Å². The molecule has 1 N–H and O–H groups in total. The van der Waals surface area contributed by atoms with Gasteiger partial charge in [0, 0.05) is 28.9 Å². The Morgan fingerprint density at radius 3 is 2.52 bits per heavy atom. The number of nitro benzene ring substituents is 1. The van der Waals surface area contributed by atoms with E-state index in [-0.39, 0.29) is 6.04 Å². The molecular weight excluding hydrogens is 327 g/mol. The van der Waals surface area contributed by atoms with Crippen molar-refractivity contribution in [3.8, 4) is 0 Å². The summed E-state index contributed by atoms with van der Waals surface area (Å²) in [6.45, 7) is 3.41. The van der Waals surface area contributed by atoms with Crippen LogP contribution in [0.15, 0.2) is 17.0 Å². The zero-order valence-electron chi connectivity index (χ0n) is 11.1. The second-order valence-electron chi connectivity index (χ2n) is 4.28. The van der Waals surface area contributed by atoms with Crippen molar-refractivity contribution < 1.29 is 22.5 Å². The molecule has 21 heavy (non-hydrogen) atoms. The van der Waals surface area contributed by atoms with E-state index in [1.54, 1.807) is 13.8 Å². The quantitative estimate of drug-likeness (QED) is 0.503. The Hall–Kier alpha value is -1.74. The molecule has 1 aromatic rings. The van der Waals surface area contributed by atoms with Gasteiger partial charge in [0.1, 0.15) is 4.90 Å². The molecule has 7 nitrogen and oxygen atoms in total. The number of hydrogen-bond donors (Lipinski definition) is 1. The van der Waals surface area contributed by atoms with Crippen LogP contribution < -0.4 is 5.32 Å². The van der Waals surface area contributed by atoms with Crippen LogP contribution in [0.25, 0.3) is 0 Å². The molecule has 0 bridgehead atoms. The van der Waals surface area contributed by atoms with Gasteiger partial charge in [-0.25, -0.2) is 12.8 Å². The fourth-order valence-electron chi connectivity index (χ4n) is 1.43. The van der Waals surface area contributed by atoms with E-state index in [9.17, 15) is 27.7 Å². The van der Waals surface area contributed by atoms with Gasteiger partial charge in [-0.15, -0.1) is 0 Å². The molecule has 1 unspecified atom stereocenters. The third-order valence-electron chi connectivity index (χ3n) is 2.73. The van der Waals surface area contributed by atoms with E-state index in [0.29, 0.717) is 18.6 Å². The van der Waals surface area contributed by atoms with Crippen LogP contribution in [0, 0.1) is 15.9 Å². The van der Waals surface area contributed by atoms with E-state index in [1.807, 2.05) is 0 Å². The number of nitrogens with one attached hydrogen (secondary N) is 1. The Morgan fingerprint density at radius 1 is 1.52 bits per heavy atom. The van der Waals surface area contributed by atoms with Gasteiger partial charge in [-0.2, -0.15) is 0 Å². The molecule has 0 saturated heterocycles. The average molecular weight is 339 g/mol. The highest BCUT2D eigenvalue weighted by atomic mass is 35.7. The van der Waals surface area contributed by atoms with Crippen molar-refractivity contribution in [3.05, 3.63) is 33.6 Å². The predicted molar refractivity (Wildman–Crippen MR) is 73.3 cm³/mol. The summed E-state index contributed by atoms with van der Waals surface area (Å²) >= 11 is 0. The Morgan fingerprint density at radius 2 is 2.10 bits per heavy atom. The maximum Gasteiger partial charge on any atom is 0.271 e. The molecule has 1 atom stereocenters. The van der Waals surface area contributed by atoms with Gasteiger partial charge in [-0.05, 0) is 13.3 Å².